The molecule has 82 valence electrons. The molecule has 1 atom stereocenters. The highest BCUT2D eigenvalue weighted by molar-refractivity contribution is 6.30. The summed E-state index contributed by atoms with van der Waals surface area (Å²) in [5.41, 5.74) is 7.76. The van der Waals surface area contributed by atoms with Crippen LogP contribution >= 0.6 is 11.6 Å². The number of halogens is 1. The van der Waals surface area contributed by atoms with E-state index in [1.807, 2.05) is 19.1 Å². The van der Waals surface area contributed by atoms with Crippen LogP contribution in [0.5, 0.6) is 5.75 Å². The molecule has 0 saturated heterocycles. The number of aryl methyl sites for hydroxylation is 1. The Balaban J connectivity index is 2.34. The van der Waals surface area contributed by atoms with Crippen molar-refractivity contribution in [1.82, 2.24) is 0 Å². The SMILES string of the molecule is Cc1cc(Cl)cc2c1OC(C)(CCN)C2. The smallest absolute Gasteiger partial charge is 0.126 e. The summed E-state index contributed by atoms with van der Waals surface area (Å²) >= 11 is 6.02. The minimum atomic E-state index is -0.146. The third-order valence-corrected chi connectivity index (χ3v) is 3.12. The Bertz CT molecular complexity index is 391. The van der Waals surface area contributed by atoms with Crippen molar-refractivity contribution in [3.05, 3.63) is 28.3 Å². The number of benzene rings is 1. The first-order valence-electron chi connectivity index (χ1n) is 5.22. The van der Waals surface area contributed by atoms with Crippen LogP contribution in [0, 0.1) is 6.92 Å². The average molecular weight is 226 g/mol. The monoisotopic (exact) mass is 225 g/mol. The van der Waals surface area contributed by atoms with Gasteiger partial charge >= 0.3 is 0 Å². The molecular formula is C12H16ClNO. The fourth-order valence-corrected chi connectivity index (χ4v) is 2.50. The summed E-state index contributed by atoms with van der Waals surface area (Å²) in [6.07, 6.45) is 1.78. The molecule has 1 aliphatic heterocycles. The molecule has 0 radical (unpaired) electrons. The van der Waals surface area contributed by atoms with Gasteiger partial charge in [0.15, 0.2) is 0 Å². The van der Waals surface area contributed by atoms with E-state index in [0.717, 1.165) is 29.2 Å². The van der Waals surface area contributed by atoms with Crippen molar-refractivity contribution in [2.45, 2.75) is 32.3 Å². The lowest BCUT2D eigenvalue weighted by Gasteiger charge is -2.23. The van der Waals surface area contributed by atoms with Crippen LogP contribution < -0.4 is 10.5 Å². The molecule has 2 N–H and O–H groups in total. The third kappa shape index (κ3) is 1.97. The fourth-order valence-electron chi connectivity index (χ4n) is 2.21. The van der Waals surface area contributed by atoms with Crippen molar-refractivity contribution >= 4 is 11.6 Å². The summed E-state index contributed by atoms with van der Waals surface area (Å²) in [6.45, 7) is 4.78. The fraction of sp³-hybridized carbons (Fsp3) is 0.500. The van der Waals surface area contributed by atoms with E-state index in [4.69, 9.17) is 22.1 Å². The zero-order valence-electron chi connectivity index (χ0n) is 9.14. The van der Waals surface area contributed by atoms with Crippen molar-refractivity contribution in [2.75, 3.05) is 6.54 Å². The highest BCUT2D eigenvalue weighted by atomic mass is 35.5. The molecule has 1 aromatic carbocycles. The van der Waals surface area contributed by atoms with E-state index in [9.17, 15) is 0 Å². The molecule has 2 nitrogen and oxygen atoms in total. The molecule has 1 unspecified atom stereocenters. The van der Waals surface area contributed by atoms with E-state index < -0.39 is 0 Å². The molecule has 2 rings (SSSR count). The standard InChI is InChI=1S/C12H16ClNO/c1-8-5-10(13)6-9-7-12(2,3-4-14)15-11(8)9/h5-6H,3-4,7,14H2,1-2H3. The van der Waals surface area contributed by atoms with Gasteiger partial charge in [-0.3, -0.25) is 0 Å². The van der Waals surface area contributed by atoms with Gasteiger partial charge in [-0.1, -0.05) is 11.6 Å². The predicted molar refractivity (Wildman–Crippen MR) is 62.6 cm³/mol. The summed E-state index contributed by atoms with van der Waals surface area (Å²) < 4.78 is 5.98. The molecule has 15 heavy (non-hydrogen) atoms. The van der Waals surface area contributed by atoms with Gasteiger partial charge < -0.3 is 10.5 Å². The largest absolute Gasteiger partial charge is 0.487 e. The summed E-state index contributed by atoms with van der Waals surface area (Å²) in [7, 11) is 0. The summed E-state index contributed by atoms with van der Waals surface area (Å²) in [5.74, 6) is 0.996. The summed E-state index contributed by atoms with van der Waals surface area (Å²) in [6, 6.07) is 3.93. The quantitative estimate of drug-likeness (QED) is 0.840. The van der Waals surface area contributed by atoms with E-state index in [1.165, 1.54) is 5.56 Å². The van der Waals surface area contributed by atoms with Gasteiger partial charge in [0, 0.05) is 11.4 Å². The number of ether oxygens (including phenoxy) is 1. The first kappa shape index (κ1) is 10.8. The molecule has 0 bridgehead atoms. The Morgan fingerprint density at radius 1 is 1.53 bits per heavy atom. The van der Waals surface area contributed by atoms with Crippen LogP contribution in [0.15, 0.2) is 12.1 Å². The summed E-state index contributed by atoms with van der Waals surface area (Å²) in [5, 5.41) is 0.784. The lowest BCUT2D eigenvalue weighted by molar-refractivity contribution is 0.108. The maximum atomic E-state index is 6.02. The Morgan fingerprint density at radius 3 is 2.93 bits per heavy atom. The first-order valence-corrected chi connectivity index (χ1v) is 5.60. The molecule has 0 spiro atoms. The zero-order chi connectivity index (χ0) is 11.1. The second-order valence-electron chi connectivity index (χ2n) is 4.48. The molecule has 0 amide bonds. The third-order valence-electron chi connectivity index (χ3n) is 2.90. The minimum absolute atomic E-state index is 0.146. The van der Waals surface area contributed by atoms with E-state index >= 15 is 0 Å². The van der Waals surface area contributed by atoms with Crippen LogP contribution in [-0.4, -0.2) is 12.1 Å². The van der Waals surface area contributed by atoms with Crippen LogP contribution in [-0.2, 0) is 6.42 Å². The normalized spacial score (nSPS) is 23.7. The molecular weight excluding hydrogens is 210 g/mol. The topological polar surface area (TPSA) is 35.2 Å². The highest BCUT2D eigenvalue weighted by Gasteiger charge is 2.35. The van der Waals surface area contributed by atoms with Crippen LogP contribution in [0.25, 0.3) is 0 Å². The maximum Gasteiger partial charge on any atom is 0.126 e. The molecule has 0 fully saturated rings. The van der Waals surface area contributed by atoms with Gasteiger partial charge in [-0.05, 0) is 50.1 Å². The number of rotatable bonds is 2. The van der Waals surface area contributed by atoms with Crippen molar-refractivity contribution in [1.29, 1.82) is 0 Å². The number of fused-ring (bicyclic) bond motifs is 1. The summed E-state index contributed by atoms with van der Waals surface area (Å²) in [4.78, 5) is 0. The number of hydrogen-bond acceptors (Lipinski definition) is 2. The van der Waals surface area contributed by atoms with Gasteiger partial charge in [0.2, 0.25) is 0 Å². The lowest BCUT2D eigenvalue weighted by Crippen LogP contribution is -2.32. The number of nitrogens with two attached hydrogens (primary N) is 1. The van der Waals surface area contributed by atoms with Gasteiger partial charge in [-0.25, -0.2) is 0 Å². The van der Waals surface area contributed by atoms with E-state index in [2.05, 4.69) is 6.92 Å². The van der Waals surface area contributed by atoms with Crippen LogP contribution in [0.4, 0.5) is 0 Å². The predicted octanol–water partition coefficient (Wildman–Crippen LogP) is 2.69. The van der Waals surface area contributed by atoms with Crippen molar-refractivity contribution in [3.63, 3.8) is 0 Å². The molecule has 1 heterocycles. The van der Waals surface area contributed by atoms with Crippen LogP contribution in [0.1, 0.15) is 24.5 Å². The van der Waals surface area contributed by atoms with Gasteiger partial charge in [0.05, 0.1) is 0 Å². The maximum absolute atomic E-state index is 6.02. The molecule has 0 aliphatic carbocycles. The molecule has 3 heteroatoms. The van der Waals surface area contributed by atoms with Crippen molar-refractivity contribution in [3.8, 4) is 5.75 Å². The minimum Gasteiger partial charge on any atom is -0.487 e. The Morgan fingerprint density at radius 2 is 2.27 bits per heavy atom. The van der Waals surface area contributed by atoms with Gasteiger partial charge in [0.1, 0.15) is 11.4 Å². The average Bonchev–Trinajstić information content (AvgIpc) is 2.42. The van der Waals surface area contributed by atoms with E-state index in [1.54, 1.807) is 0 Å². The second kappa shape index (κ2) is 3.69. The van der Waals surface area contributed by atoms with Gasteiger partial charge in [-0.2, -0.15) is 0 Å². The molecule has 0 saturated carbocycles. The van der Waals surface area contributed by atoms with Crippen molar-refractivity contribution < 1.29 is 4.74 Å². The Hall–Kier alpha value is -0.730. The lowest BCUT2D eigenvalue weighted by atomic mass is 9.95. The number of hydrogen-bond donors (Lipinski definition) is 1. The van der Waals surface area contributed by atoms with Crippen molar-refractivity contribution in [2.24, 2.45) is 5.73 Å². The highest BCUT2D eigenvalue weighted by Crippen LogP contribution is 2.40. The zero-order valence-corrected chi connectivity index (χ0v) is 9.90. The van der Waals surface area contributed by atoms with Crippen LogP contribution in [0.2, 0.25) is 5.02 Å². The van der Waals surface area contributed by atoms with E-state index in [-0.39, 0.29) is 5.60 Å². The molecule has 1 aliphatic rings. The Kier molecular flexibility index (Phi) is 2.65. The van der Waals surface area contributed by atoms with Gasteiger partial charge in [0.25, 0.3) is 0 Å². The van der Waals surface area contributed by atoms with Gasteiger partial charge in [-0.15, -0.1) is 0 Å². The van der Waals surface area contributed by atoms with Crippen LogP contribution in [0.3, 0.4) is 0 Å². The molecule has 1 aromatic rings. The van der Waals surface area contributed by atoms with E-state index in [0.29, 0.717) is 6.54 Å². The Labute approximate surface area is 95.4 Å². The first-order chi connectivity index (χ1) is 7.04. The molecule has 0 aromatic heterocycles. The second-order valence-corrected chi connectivity index (χ2v) is 4.91.